The normalized spacial score (nSPS) is 11.0. The summed E-state index contributed by atoms with van der Waals surface area (Å²) in [6.07, 6.45) is 11.5. The molecular weight excluding hydrogens is 735 g/mol. The molecule has 0 amide bonds. The molecule has 8 rings (SSSR count). The van der Waals surface area contributed by atoms with Crippen LogP contribution in [0.3, 0.4) is 0 Å². The lowest BCUT2D eigenvalue weighted by atomic mass is 10.1. The van der Waals surface area contributed by atoms with Gasteiger partial charge < -0.3 is 9.80 Å². The molecule has 0 spiro atoms. The van der Waals surface area contributed by atoms with Gasteiger partial charge in [-0.3, -0.25) is 4.90 Å². The van der Waals surface area contributed by atoms with Crippen LogP contribution in [-0.4, -0.2) is 16.5 Å². The van der Waals surface area contributed by atoms with Crippen LogP contribution in [0, 0.1) is 0 Å². The summed E-state index contributed by atoms with van der Waals surface area (Å²) in [5.74, 6) is 0. The number of hydrogen-bond acceptors (Lipinski definition) is 7. The fraction of sp³-hybridized carbons (Fsp3) is 0.160. The second-order valence-corrected chi connectivity index (χ2v) is 16.1. The van der Waals surface area contributed by atoms with Gasteiger partial charge in [0.05, 0.1) is 9.75 Å². The minimum absolute atomic E-state index is 0.885. The Labute approximate surface area is 345 Å². The molecule has 0 N–H and O–H groups in total. The molecule has 0 aliphatic carbocycles. The molecular formula is C50H47N5S2. The zero-order valence-electron chi connectivity index (χ0n) is 32.3. The number of aromatic nitrogens is 2. The van der Waals surface area contributed by atoms with Crippen LogP contribution >= 0.6 is 22.7 Å². The van der Waals surface area contributed by atoms with Gasteiger partial charge in [-0.05, 0) is 90.3 Å². The average Bonchev–Trinajstić information content (AvgIpc) is 3.97. The van der Waals surface area contributed by atoms with Gasteiger partial charge in [0.1, 0.15) is 0 Å². The van der Waals surface area contributed by atoms with E-state index in [2.05, 4.69) is 191 Å². The van der Waals surface area contributed by atoms with Crippen molar-refractivity contribution in [2.24, 2.45) is 0 Å². The lowest BCUT2D eigenvalue weighted by Gasteiger charge is -2.25. The van der Waals surface area contributed by atoms with Crippen molar-refractivity contribution in [1.29, 1.82) is 0 Å². The summed E-state index contributed by atoms with van der Waals surface area (Å²) in [5.41, 5.74) is 9.04. The van der Waals surface area contributed by atoms with Crippen molar-refractivity contribution in [3.8, 4) is 20.9 Å². The van der Waals surface area contributed by atoms with Crippen LogP contribution in [-0.2, 0) is 0 Å². The van der Waals surface area contributed by atoms with E-state index >= 15 is 0 Å². The van der Waals surface area contributed by atoms with Gasteiger partial charge in [-0.1, -0.05) is 159 Å². The number of nitrogens with zero attached hydrogens (tertiary/aromatic N) is 5. The molecule has 284 valence electrons. The van der Waals surface area contributed by atoms with Crippen molar-refractivity contribution in [1.82, 2.24) is 9.97 Å². The van der Waals surface area contributed by atoms with Gasteiger partial charge in [0.25, 0.3) is 0 Å². The van der Waals surface area contributed by atoms with Gasteiger partial charge in [0, 0.05) is 53.1 Å². The molecule has 8 aromatic rings. The maximum atomic E-state index is 5.02. The van der Waals surface area contributed by atoms with Crippen molar-refractivity contribution < 1.29 is 0 Å². The van der Waals surface area contributed by atoms with E-state index < -0.39 is 0 Å². The van der Waals surface area contributed by atoms with Crippen LogP contribution < -0.4 is 14.7 Å². The van der Waals surface area contributed by atoms with Gasteiger partial charge in [0.2, 0.25) is 0 Å². The Bertz CT molecular complexity index is 2150. The topological polar surface area (TPSA) is 35.5 Å². The van der Waals surface area contributed by atoms with E-state index in [1.54, 1.807) is 22.7 Å². The molecule has 0 radical (unpaired) electrons. The van der Waals surface area contributed by atoms with Gasteiger partial charge >= 0.3 is 0 Å². The first kappa shape index (κ1) is 37.9. The summed E-state index contributed by atoms with van der Waals surface area (Å²) in [5, 5.41) is 1.96. The molecule has 0 aliphatic rings. The van der Waals surface area contributed by atoms with Gasteiger partial charge in [0.15, 0.2) is 10.3 Å². The van der Waals surface area contributed by atoms with Crippen LogP contribution in [0.2, 0.25) is 0 Å². The van der Waals surface area contributed by atoms with E-state index in [1.165, 1.54) is 32.1 Å². The molecule has 0 fully saturated rings. The van der Waals surface area contributed by atoms with Crippen LogP contribution in [0.15, 0.2) is 182 Å². The molecule has 6 aromatic carbocycles. The predicted molar refractivity (Wildman–Crippen MR) is 245 cm³/mol. The third-order valence-electron chi connectivity index (χ3n) is 10.1. The van der Waals surface area contributed by atoms with E-state index in [0.29, 0.717) is 0 Å². The Morgan fingerprint density at radius 3 is 1.09 bits per heavy atom. The van der Waals surface area contributed by atoms with E-state index in [-0.39, 0.29) is 0 Å². The lowest BCUT2D eigenvalue weighted by Crippen LogP contribution is -2.17. The quantitative estimate of drug-likeness (QED) is 0.0860. The van der Waals surface area contributed by atoms with Crippen LogP contribution in [0.1, 0.15) is 45.4 Å². The molecule has 0 unspecified atom stereocenters. The zero-order valence-corrected chi connectivity index (χ0v) is 34.0. The van der Waals surface area contributed by atoms with Gasteiger partial charge in [-0.2, -0.15) is 0 Å². The predicted octanol–water partition coefficient (Wildman–Crippen LogP) is 15.4. The number of rotatable bonds is 17. The second-order valence-electron chi connectivity index (χ2n) is 14.0. The maximum absolute atomic E-state index is 5.02. The number of para-hydroxylation sites is 4. The molecule has 57 heavy (non-hydrogen) atoms. The third kappa shape index (κ3) is 9.18. The number of hydrogen-bond donors (Lipinski definition) is 0. The summed E-state index contributed by atoms with van der Waals surface area (Å²) in [7, 11) is 0. The monoisotopic (exact) mass is 781 g/mol. The molecule has 2 aromatic heterocycles. The standard InChI is InChI=1S/C50H47N5S2/c1-2-3-4-5-6-19-36-53(49-51-37-47(56-49)39-28-32-45(33-29-39)54(41-20-11-7-12-21-41)42-22-13-8-14-23-42)50-52-38-48(57-50)40-30-34-46(35-31-40)55(43-24-15-9-16-25-43)44-26-17-10-18-27-44/h7-18,20-35,37-38H,2-6,19,36H2,1H3. The first-order valence-corrected chi connectivity index (χ1v) is 21.6. The molecule has 7 heteroatoms. The summed E-state index contributed by atoms with van der Waals surface area (Å²) < 4.78 is 0. The summed E-state index contributed by atoms with van der Waals surface area (Å²) in [6, 6.07) is 59.8. The number of anilines is 8. The van der Waals surface area contributed by atoms with E-state index in [4.69, 9.17) is 9.97 Å². The second kappa shape index (κ2) is 18.7. The summed E-state index contributed by atoms with van der Waals surface area (Å²) in [4.78, 5) is 19.2. The van der Waals surface area contributed by atoms with Crippen molar-refractivity contribution in [2.75, 3.05) is 21.2 Å². The van der Waals surface area contributed by atoms with Gasteiger partial charge in [-0.15, -0.1) is 0 Å². The molecule has 0 atom stereocenters. The first-order valence-electron chi connectivity index (χ1n) is 20.0. The largest absolute Gasteiger partial charge is 0.311 e. The minimum Gasteiger partial charge on any atom is -0.311 e. The molecule has 0 saturated heterocycles. The molecule has 5 nitrogen and oxygen atoms in total. The molecule has 0 aliphatic heterocycles. The Kier molecular flexibility index (Phi) is 12.5. The van der Waals surface area contributed by atoms with Crippen molar-refractivity contribution in [3.63, 3.8) is 0 Å². The van der Waals surface area contributed by atoms with Crippen LogP contribution in [0.25, 0.3) is 20.9 Å². The number of unbranched alkanes of at least 4 members (excludes halogenated alkanes) is 5. The molecule has 0 bridgehead atoms. The number of thiazole rings is 2. The van der Waals surface area contributed by atoms with Gasteiger partial charge in [-0.25, -0.2) is 9.97 Å². The highest BCUT2D eigenvalue weighted by molar-refractivity contribution is 7.21. The SMILES string of the molecule is CCCCCCCCN(c1ncc(-c2ccc(N(c3ccccc3)c3ccccc3)cc2)s1)c1ncc(-c2ccc(N(c3ccccc3)c3ccccc3)cc2)s1. The van der Waals surface area contributed by atoms with E-state index in [0.717, 1.165) is 78.2 Å². The van der Waals surface area contributed by atoms with E-state index in [1.807, 2.05) is 12.4 Å². The fourth-order valence-corrected chi connectivity index (χ4v) is 9.08. The van der Waals surface area contributed by atoms with E-state index in [9.17, 15) is 0 Å². The Balaban J connectivity index is 1.04. The Hall–Kier alpha value is -6.02. The highest BCUT2D eigenvalue weighted by atomic mass is 32.1. The third-order valence-corrected chi connectivity index (χ3v) is 12.2. The minimum atomic E-state index is 0.885. The van der Waals surface area contributed by atoms with Crippen LogP contribution in [0.4, 0.5) is 44.4 Å². The number of benzene rings is 6. The molecule has 0 saturated carbocycles. The van der Waals surface area contributed by atoms with Crippen molar-refractivity contribution >= 4 is 67.1 Å². The molecule has 2 heterocycles. The van der Waals surface area contributed by atoms with Crippen molar-refractivity contribution in [2.45, 2.75) is 45.4 Å². The zero-order chi connectivity index (χ0) is 38.7. The Morgan fingerprint density at radius 1 is 0.386 bits per heavy atom. The van der Waals surface area contributed by atoms with Crippen LogP contribution in [0.5, 0.6) is 0 Å². The smallest absolute Gasteiger partial charge is 0.192 e. The maximum Gasteiger partial charge on any atom is 0.192 e. The summed E-state index contributed by atoms with van der Waals surface area (Å²) >= 11 is 3.47. The van der Waals surface area contributed by atoms with Crippen molar-refractivity contribution in [3.05, 3.63) is 182 Å². The lowest BCUT2D eigenvalue weighted by molar-refractivity contribution is 0.609. The highest BCUT2D eigenvalue weighted by Crippen LogP contribution is 2.42. The average molecular weight is 782 g/mol. The summed E-state index contributed by atoms with van der Waals surface area (Å²) in [6.45, 7) is 3.16. The first-order chi connectivity index (χ1) is 28.2. The Morgan fingerprint density at radius 2 is 0.719 bits per heavy atom. The highest BCUT2D eigenvalue weighted by Gasteiger charge is 2.20. The fourth-order valence-electron chi connectivity index (χ4n) is 7.12.